The van der Waals surface area contributed by atoms with Crippen molar-refractivity contribution in [1.82, 2.24) is 14.5 Å². The van der Waals surface area contributed by atoms with Gasteiger partial charge in [0.1, 0.15) is 5.82 Å². The van der Waals surface area contributed by atoms with E-state index in [0.717, 1.165) is 17.1 Å². The van der Waals surface area contributed by atoms with Crippen molar-refractivity contribution < 1.29 is 24.2 Å². The van der Waals surface area contributed by atoms with E-state index in [9.17, 15) is 9.59 Å². The van der Waals surface area contributed by atoms with Gasteiger partial charge in [0.15, 0.2) is 0 Å². The minimum absolute atomic E-state index is 0.0419. The Morgan fingerprint density at radius 1 is 1.40 bits per heavy atom. The Kier molecular flexibility index (Phi) is 9.02. The molecule has 30 heavy (non-hydrogen) atoms. The van der Waals surface area contributed by atoms with Gasteiger partial charge >= 0.3 is 0 Å². The summed E-state index contributed by atoms with van der Waals surface area (Å²) in [6, 6.07) is 7.79. The zero-order chi connectivity index (χ0) is 21.9. The smallest absolute Gasteiger partial charge is 0.290 e. The van der Waals surface area contributed by atoms with Crippen LogP contribution in [0, 0.1) is 12.8 Å². The molecular weight excluding hydrogens is 388 g/mol. The van der Waals surface area contributed by atoms with E-state index in [1.807, 2.05) is 42.0 Å². The monoisotopic (exact) mass is 416 g/mol. The fourth-order valence-electron chi connectivity index (χ4n) is 3.32. The van der Waals surface area contributed by atoms with E-state index < -0.39 is 0 Å². The number of methoxy groups -OCH3 is 1. The van der Waals surface area contributed by atoms with Crippen LogP contribution in [-0.4, -0.2) is 64.7 Å². The van der Waals surface area contributed by atoms with Crippen molar-refractivity contribution in [1.29, 1.82) is 0 Å². The molecule has 9 nitrogen and oxygen atoms in total. The number of hydrogen-bond donors (Lipinski definition) is 2. The number of para-hydroxylation sites is 1. The molecule has 1 saturated heterocycles. The standard InChI is InChI=1S/C20H26N4O3.CH2O2/c1-15-21-9-10-23(15)13-16-5-3-4-6-18(16)22-20(26)17-7-8-19(25)24(14-17)11-12-27-2;2-1-3/h3-6,9-10,17H,7-8,11-14H2,1-2H3,(H,22,26);1H,(H,2,3). The number of nitrogens with one attached hydrogen (secondary N) is 1. The largest absolute Gasteiger partial charge is 0.483 e. The molecule has 1 aromatic carbocycles. The number of likely N-dealkylation sites (tertiary alicyclic amines) is 1. The van der Waals surface area contributed by atoms with Crippen LogP contribution in [0.1, 0.15) is 24.2 Å². The van der Waals surface area contributed by atoms with E-state index in [1.165, 1.54) is 0 Å². The molecule has 2 N–H and O–H groups in total. The first-order chi connectivity index (χ1) is 14.5. The molecule has 0 bridgehead atoms. The van der Waals surface area contributed by atoms with Crippen LogP contribution < -0.4 is 5.32 Å². The van der Waals surface area contributed by atoms with Gasteiger partial charge in [0.25, 0.3) is 6.47 Å². The number of carboxylic acid groups (broad SMARTS) is 1. The van der Waals surface area contributed by atoms with E-state index >= 15 is 0 Å². The van der Waals surface area contributed by atoms with Gasteiger partial charge in [0, 0.05) is 44.7 Å². The summed E-state index contributed by atoms with van der Waals surface area (Å²) in [6.07, 6.45) is 4.67. The third-order valence-corrected chi connectivity index (χ3v) is 4.98. The number of carbonyl (C=O) groups is 3. The summed E-state index contributed by atoms with van der Waals surface area (Å²) in [5, 5.41) is 9.95. The van der Waals surface area contributed by atoms with Crippen molar-refractivity contribution in [2.75, 3.05) is 32.1 Å². The van der Waals surface area contributed by atoms with Gasteiger partial charge in [-0.15, -0.1) is 0 Å². The Morgan fingerprint density at radius 3 is 2.80 bits per heavy atom. The molecule has 1 aliphatic heterocycles. The third kappa shape index (κ3) is 6.41. The summed E-state index contributed by atoms with van der Waals surface area (Å²) in [6.45, 7) is 3.79. The molecule has 0 saturated carbocycles. The van der Waals surface area contributed by atoms with Gasteiger partial charge in [-0.25, -0.2) is 4.98 Å². The Morgan fingerprint density at radius 2 is 2.13 bits per heavy atom. The summed E-state index contributed by atoms with van der Waals surface area (Å²) >= 11 is 0. The lowest BCUT2D eigenvalue weighted by molar-refractivity contribution is -0.137. The van der Waals surface area contributed by atoms with Crippen molar-refractivity contribution in [3.63, 3.8) is 0 Å². The molecule has 0 spiro atoms. The molecule has 2 amide bonds. The maximum Gasteiger partial charge on any atom is 0.290 e. The molecule has 0 radical (unpaired) electrons. The molecule has 2 aromatic rings. The quantitative estimate of drug-likeness (QED) is 0.665. The number of hydrogen-bond acceptors (Lipinski definition) is 5. The Labute approximate surface area is 175 Å². The van der Waals surface area contributed by atoms with Crippen LogP contribution in [0.25, 0.3) is 0 Å². The van der Waals surface area contributed by atoms with Gasteiger partial charge < -0.3 is 24.6 Å². The summed E-state index contributed by atoms with van der Waals surface area (Å²) in [7, 11) is 1.61. The van der Waals surface area contributed by atoms with Crippen LogP contribution in [0.15, 0.2) is 36.7 Å². The average molecular weight is 416 g/mol. The highest BCUT2D eigenvalue weighted by Gasteiger charge is 2.30. The minimum atomic E-state index is -0.250. The Hall–Kier alpha value is -3.20. The van der Waals surface area contributed by atoms with Crippen molar-refractivity contribution in [2.45, 2.75) is 26.3 Å². The number of nitrogens with zero attached hydrogens (tertiary/aromatic N) is 3. The number of anilines is 1. The van der Waals surface area contributed by atoms with Gasteiger partial charge in [-0.3, -0.25) is 14.4 Å². The number of imidazole rings is 1. The third-order valence-electron chi connectivity index (χ3n) is 4.98. The second kappa shape index (κ2) is 11.7. The highest BCUT2D eigenvalue weighted by atomic mass is 16.5. The first-order valence-electron chi connectivity index (χ1n) is 9.71. The van der Waals surface area contributed by atoms with Crippen LogP contribution in [0.2, 0.25) is 0 Å². The van der Waals surface area contributed by atoms with Crippen molar-refractivity contribution >= 4 is 24.0 Å². The number of aryl methyl sites for hydroxylation is 1. The minimum Gasteiger partial charge on any atom is -0.483 e. The fourth-order valence-corrected chi connectivity index (χ4v) is 3.32. The van der Waals surface area contributed by atoms with Crippen LogP contribution >= 0.6 is 0 Å². The van der Waals surface area contributed by atoms with Gasteiger partial charge in [-0.05, 0) is 25.0 Å². The number of rotatable bonds is 7. The topological polar surface area (TPSA) is 114 Å². The zero-order valence-corrected chi connectivity index (χ0v) is 17.3. The maximum atomic E-state index is 12.8. The summed E-state index contributed by atoms with van der Waals surface area (Å²) < 4.78 is 7.10. The zero-order valence-electron chi connectivity index (χ0n) is 17.3. The summed E-state index contributed by atoms with van der Waals surface area (Å²) in [5.41, 5.74) is 1.83. The van der Waals surface area contributed by atoms with Crippen LogP contribution in [0.4, 0.5) is 5.69 Å². The molecule has 1 aliphatic rings. The number of ether oxygens (including phenoxy) is 1. The number of carbonyl (C=O) groups excluding carboxylic acids is 2. The fraction of sp³-hybridized carbons (Fsp3) is 0.429. The normalized spacial score (nSPS) is 15.9. The molecule has 9 heteroatoms. The second-order valence-corrected chi connectivity index (χ2v) is 6.92. The SMILES string of the molecule is COCCN1CC(C(=O)Nc2ccccc2Cn2ccnc2C)CCC1=O.O=CO. The first kappa shape index (κ1) is 23.1. The lowest BCUT2D eigenvalue weighted by Crippen LogP contribution is -2.45. The molecule has 1 unspecified atom stereocenters. The average Bonchev–Trinajstić information content (AvgIpc) is 3.14. The van der Waals surface area contributed by atoms with Crippen LogP contribution in [-0.2, 0) is 25.7 Å². The molecule has 1 aromatic heterocycles. The van der Waals surface area contributed by atoms with E-state index in [4.69, 9.17) is 14.6 Å². The highest BCUT2D eigenvalue weighted by molar-refractivity contribution is 5.94. The van der Waals surface area contributed by atoms with Crippen LogP contribution in [0.3, 0.4) is 0 Å². The predicted molar refractivity (Wildman–Crippen MR) is 111 cm³/mol. The van der Waals surface area contributed by atoms with E-state index in [2.05, 4.69) is 10.3 Å². The molecule has 1 fully saturated rings. The number of piperidine rings is 1. The maximum absolute atomic E-state index is 12.8. The van der Waals surface area contributed by atoms with Gasteiger partial charge in [-0.1, -0.05) is 18.2 Å². The van der Waals surface area contributed by atoms with Crippen molar-refractivity contribution in [2.24, 2.45) is 5.92 Å². The van der Waals surface area contributed by atoms with Gasteiger partial charge in [0.2, 0.25) is 11.8 Å². The molecule has 3 rings (SSSR count). The van der Waals surface area contributed by atoms with E-state index in [0.29, 0.717) is 39.1 Å². The lowest BCUT2D eigenvalue weighted by Gasteiger charge is -2.31. The van der Waals surface area contributed by atoms with Crippen molar-refractivity contribution in [3.8, 4) is 0 Å². The number of benzene rings is 1. The highest BCUT2D eigenvalue weighted by Crippen LogP contribution is 2.22. The predicted octanol–water partition coefficient (Wildman–Crippen LogP) is 1.76. The molecule has 1 atom stereocenters. The van der Waals surface area contributed by atoms with Crippen LogP contribution in [0.5, 0.6) is 0 Å². The van der Waals surface area contributed by atoms with E-state index in [-0.39, 0.29) is 24.2 Å². The number of amides is 2. The molecule has 2 heterocycles. The first-order valence-corrected chi connectivity index (χ1v) is 9.71. The molecule has 162 valence electrons. The van der Waals surface area contributed by atoms with Crippen molar-refractivity contribution in [3.05, 3.63) is 48.0 Å². The number of aromatic nitrogens is 2. The summed E-state index contributed by atoms with van der Waals surface area (Å²) in [4.78, 5) is 39.2. The Balaban J connectivity index is 0.00000101. The van der Waals surface area contributed by atoms with E-state index in [1.54, 1.807) is 18.2 Å². The Bertz CT molecular complexity index is 851. The molecular formula is C21H28N4O5. The molecule has 0 aliphatic carbocycles. The van der Waals surface area contributed by atoms with Gasteiger partial charge in [0.05, 0.1) is 19.1 Å². The summed E-state index contributed by atoms with van der Waals surface area (Å²) in [5.74, 6) is 0.769. The lowest BCUT2D eigenvalue weighted by atomic mass is 9.96. The second-order valence-electron chi connectivity index (χ2n) is 6.92. The van der Waals surface area contributed by atoms with Gasteiger partial charge in [-0.2, -0.15) is 0 Å².